The van der Waals surface area contributed by atoms with E-state index in [9.17, 15) is 4.79 Å². The second-order valence-corrected chi connectivity index (χ2v) is 10.6. The zero-order chi connectivity index (χ0) is 17.6. The Morgan fingerprint density at radius 3 is 2.54 bits per heavy atom. The van der Waals surface area contributed by atoms with Gasteiger partial charge in [0, 0.05) is 16.7 Å². The van der Waals surface area contributed by atoms with Gasteiger partial charge in [0.15, 0.2) is 0 Å². The van der Waals surface area contributed by atoms with Crippen LogP contribution in [0.3, 0.4) is 0 Å². The molecule has 1 N–H and O–H groups in total. The molecule has 0 radical (unpaired) electrons. The van der Waals surface area contributed by atoms with Gasteiger partial charge in [-0.25, -0.2) is 0 Å². The second kappa shape index (κ2) is 6.71. The van der Waals surface area contributed by atoms with Crippen LogP contribution in [0.15, 0.2) is 17.5 Å². The van der Waals surface area contributed by atoms with Crippen molar-refractivity contribution in [2.24, 2.45) is 17.8 Å². The van der Waals surface area contributed by atoms with Gasteiger partial charge in [-0.15, -0.1) is 21.5 Å². The van der Waals surface area contributed by atoms with Crippen LogP contribution in [-0.4, -0.2) is 16.1 Å². The third-order valence-corrected chi connectivity index (χ3v) is 8.59. The van der Waals surface area contributed by atoms with Gasteiger partial charge in [-0.05, 0) is 80.6 Å². The van der Waals surface area contributed by atoms with Gasteiger partial charge in [0.25, 0.3) is 0 Å². The van der Waals surface area contributed by atoms with Crippen molar-refractivity contribution in [3.05, 3.63) is 27.4 Å². The first-order valence-corrected chi connectivity index (χ1v) is 11.5. The Labute approximate surface area is 162 Å². The van der Waals surface area contributed by atoms with Crippen LogP contribution in [0, 0.1) is 17.8 Å². The summed E-state index contributed by atoms with van der Waals surface area (Å²) in [7, 11) is 0. The van der Waals surface area contributed by atoms with E-state index in [2.05, 4.69) is 33.0 Å². The normalized spacial score (nSPS) is 32.1. The molecule has 0 aromatic carbocycles. The van der Waals surface area contributed by atoms with E-state index in [0.29, 0.717) is 11.6 Å². The SMILES string of the molecule is O=C(CCCc1cccs1)Nc1nnc(C23CC4CC(CC(C4)C2)C3)s1. The van der Waals surface area contributed by atoms with Crippen LogP contribution in [0.4, 0.5) is 5.13 Å². The molecule has 4 aliphatic carbocycles. The molecule has 4 bridgehead atoms. The number of aromatic nitrogens is 2. The number of nitrogens with zero attached hydrogens (tertiary/aromatic N) is 2. The van der Waals surface area contributed by atoms with Crippen LogP contribution in [0.1, 0.15) is 61.3 Å². The van der Waals surface area contributed by atoms with Crippen molar-refractivity contribution in [1.29, 1.82) is 0 Å². The maximum absolute atomic E-state index is 12.2. The average molecular weight is 388 g/mol. The number of nitrogens with one attached hydrogen (secondary N) is 1. The zero-order valence-corrected chi connectivity index (χ0v) is 16.6. The Balaban J connectivity index is 1.20. The van der Waals surface area contributed by atoms with Gasteiger partial charge in [-0.2, -0.15) is 0 Å². The topological polar surface area (TPSA) is 54.9 Å². The van der Waals surface area contributed by atoms with E-state index >= 15 is 0 Å². The molecule has 6 heteroatoms. The number of carbonyl (C=O) groups excluding carboxylic acids is 1. The lowest BCUT2D eigenvalue weighted by Gasteiger charge is -2.55. The van der Waals surface area contributed by atoms with Crippen molar-refractivity contribution >= 4 is 33.7 Å². The lowest BCUT2D eigenvalue weighted by atomic mass is 9.50. The predicted molar refractivity (Wildman–Crippen MR) is 106 cm³/mol. The van der Waals surface area contributed by atoms with E-state index in [-0.39, 0.29) is 11.3 Å². The fourth-order valence-electron chi connectivity index (χ4n) is 5.92. The molecule has 0 unspecified atom stereocenters. The van der Waals surface area contributed by atoms with Gasteiger partial charge in [0.2, 0.25) is 11.0 Å². The molecule has 138 valence electrons. The smallest absolute Gasteiger partial charge is 0.226 e. The van der Waals surface area contributed by atoms with Gasteiger partial charge in [-0.1, -0.05) is 17.4 Å². The molecule has 6 rings (SSSR count). The summed E-state index contributed by atoms with van der Waals surface area (Å²) in [5.41, 5.74) is 0.272. The Hall–Kier alpha value is -1.27. The zero-order valence-electron chi connectivity index (χ0n) is 14.9. The van der Waals surface area contributed by atoms with Gasteiger partial charge in [0.05, 0.1) is 0 Å². The van der Waals surface area contributed by atoms with E-state index in [4.69, 9.17) is 0 Å². The van der Waals surface area contributed by atoms with Crippen LogP contribution in [0.5, 0.6) is 0 Å². The van der Waals surface area contributed by atoms with Gasteiger partial charge in [0.1, 0.15) is 5.01 Å². The predicted octanol–water partition coefficient (Wildman–Crippen LogP) is 5.03. The van der Waals surface area contributed by atoms with E-state index in [1.807, 2.05) is 0 Å². The molecule has 0 atom stereocenters. The summed E-state index contributed by atoms with van der Waals surface area (Å²) >= 11 is 3.39. The first-order valence-electron chi connectivity index (χ1n) is 9.85. The summed E-state index contributed by atoms with van der Waals surface area (Å²) in [4.78, 5) is 13.6. The van der Waals surface area contributed by atoms with Crippen molar-refractivity contribution in [1.82, 2.24) is 10.2 Å². The quantitative estimate of drug-likeness (QED) is 0.756. The second-order valence-electron chi connectivity index (χ2n) is 8.59. The summed E-state index contributed by atoms with van der Waals surface area (Å²) < 4.78 is 0. The molecule has 0 spiro atoms. The Morgan fingerprint density at radius 1 is 1.15 bits per heavy atom. The third-order valence-electron chi connectivity index (χ3n) is 6.57. The molecule has 1 amide bonds. The summed E-state index contributed by atoms with van der Waals surface area (Å²) in [5.74, 6) is 2.77. The van der Waals surface area contributed by atoms with Crippen molar-refractivity contribution in [3.8, 4) is 0 Å². The Morgan fingerprint density at radius 2 is 1.88 bits per heavy atom. The number of hydrogen-bond acceptors (Lipinski definition) is 5. The molecule has 0 saturated heterocycles. The van der Waals surface area contributed by atoms with Gasteiger partial charge < -0.3 is 5.32 Å². The molecule has 2 aromatic rings. The van der Waals surface area contributed by atoms with E-state index < -0.39 is 0 Å². The number of amides is 1. The molecule has 26 heavy (non-hydrogen) atoms. The minimum atomic E-state index is 0.0646. The highest BCUT2D eigenvalue weighted by molar-refractivity contribution is 7.15. The highest BCUT2D eigenvalue weighted by atomic mass is 32.1. The number of rotatable bonds is 6. The highest BCUT2D eigenvalue weighted by Crippen LogP contribution is 2.61. The van der Waals surface area contributed by atoms with Crippen molar-refractivity contribution in [2.45, 2.75) is 63.2 Å². The fourth-order valence-corrected chi connectivity index (χ4v) is 7.65. The Kier molecular flexibility index (Phi) is 4.36. The monoisotopic (exact) mass is 387 g/mol. The summed E-state index contributed by atoms with van der Waals surface area (Å²) in [6.45, 7) is 0. The summed E-state index contributed by atoms with van der Waals surface area (Å²) in [6, 6.07) is 4.19. The lowest BCUT2D eigenvalue weighted by Crippen LogP contribution is -2.48. The molecule has 4 saturated carbocycles. The number of thiophene rings is 1. The van der Waals surface area contributed by atoms with Crippen LogP contribution in [-0.2, 0) is 16.6 Å². The minimum Gasteiger partial charge on any atom is -0.301 e. The highest BCUT2D eigenvalue weighted by Gasteiger charge is 2.53. The van der Waals surface area contributed by atoms with Crippen LogP contribution in [0.25, 0.3) is 0 Å². The largest absolute Gasteiger partial charge is 0.301 e. The molecule has 4 fully saturated rings. The van der Waals surface area contributed by atoms with Crippen molar-refractivity contribution in [2.75, 3.05) is 5.32 Å². The maximum Gasteiger partial charge on any atom is 0.226 e. The van der Waals surface area contributed by atoms with Gasteiger partial charge >= 0.3 is 0 Å². The molecular formula is C20H25N3OS2. The van der Waals surface area contributed by atoms with Crippen LogP contribution < -0.4 is 5.32 Å². The number of anilines is 1. The molecule has 2 heterocycles. The number of aryl methyl sites for hydroxylation is 1. The van der Waals surface area contributed by atoms with E-state index in [1.165, 1.54) is 48.4 Å². The molecule has 4 aliphatic rings. The molecule has 2 aromatic heterocycles. The first kappa shape index (κ1) is 16.9. The van der Waals surface area contributed by atoms with Crippen molar-refractivity contribution < 1.29 is 4.79 Å². The number of hydrogen-bond donors (Lipinski definition) is 1. The summed E-state index contributed by atoms with van der Waals surface area (Å²) in [6.07, 6.45) is 10.6. The lowest BCUT2D eigenvalue weighted by molar-refractivity contribution is -0.116. The van der Waals surface area contributed by atoms with E-state index in [0.717, 1.165) is 30.6 Å². The van der Waals surface area contributed by atoms with Crippen LogP contribution in [0.2, 0.25) is 0 Å². The Bertz CT molecular complexity index is 748. The minimum absolute atomic E-state index is 0.0646. The van der Waals surface area contributed by atoms with Crippen LogP contribution >= 0.6 is 22.7 Å². The summed E-state index contributed by atoms with van der Waals surface area (Å²) in [5, 5.41) is 15.8. The van der Waals surface area contributed by atoms with E-state index in [1.54, 1.807) is 22.7 Å². The maximum atomic E-state index is 12.2. The fraction of sp³-hybridized carbons (Fsp3) is 0.650. The first-order chi connectivity index (χ1) is 12.7. The number of carbonyl (C=O) groups is 1. The average Bonchev–Trinajstić information content (AvgIpc) is 3.26. The molecule has 0 aliphatic heterocycles. The third kappa shape index (κ3) is 3.22. The van der Waals surface area contributed by atoms with Gasteiger partial charge in [-0.3, -0.25) is 4.79 Å². The standard InChI is InChI=1S/C20H25N3OS2/c24-17(5-1-3-16-4-2-6-25-16)21-19-23-22-18(26-19)20-10-13-7-14(11-20)9-15(8-13)12-20/h2,4,6,13-15H,1,3,5,7-12H2,(H,21,23,24). The molecule has 4 nitrogen and oxygen atoms in total. The van der Waals surface area contributed by atoms with Crippen molar-refractivity contribution in [3.63, 3.8) is 0 Å². The molecular weight excluding hydrogens is 362 g/mol.